The van der Waals surface area contributed by atoms with Crippen LogP contribution in [0.15, 0.2) is 0 Å². The summed E-state index contributed by atoms with van der Waals surface area (Å²) in [6, 6.07) is 0. The van der Waals surface area contributed by atoms with Crippen molar-refractivity contribution >= 4 is 0 Å². The first-order chi connectivity index (χ1) is 4.90. The van der Waals surface area contributed by atoms with Gasteiger partial charge in [0.05, 0.1) is 12.2 Å². The molecular formula is C7H10O3. The summed E-state index contributed by atoms with van der Waals surface area (Å²) in [4.78, 5) is 0. The Hall–Kier alpha value is -0.120. The topological polar surface area (TPSA) is 27.7 Å². The summed E-state index contributed by atoms with van der Waals surface area (Å²) in [5.74, 6) is 0. The smallest absolute Gasteiger partial charge is 0.163 e. The molecule has 0 saturated carbocycles. The molecule has 0 radical (unpaired) electrons. The van der Waals surface area contributed by atoms with Crippen molar-refractivity contribution in [1.29, 1.82) is 0 Å². The molecule has 0 spiro atoms. The van der Waals surface area contributed by atoms with Crippen LogP contribution >= 0.6 is 0 Å². The molecular weight excluding hydrogens is 132 g/mol. The molecule has 10 heavy (non-hydrogen) atoms. The van der Waals surface area contributed by atoms with Crippen LogP contribution in [0.5, 0.6) is 0 Å². The van der Waals surface area contributed by atoms with Gasteiger partial charge < -0.3 is 14.2 Å². The van der Waals surface area contributed by atoms with Gasteiger partial charge in [-0.2, -0.15) is 0 Å². The fourth-order valence-corrected chi connectivity index (χ4v) is 2.02. The maximum absolute atomic E-state index is 5.52. The second-order valence-corrected chi connectivity index (χ2v) is 3.22. The highest BCUT2D eigenvalue weighted by Crippen LogP contribution is 2.38. The number of hydrogen-bond acceptors (Lipinski definition) is 3. The quantitative estimate of drug-likeness (QED) is 0.496. The van der Waals surface area contributed by atoms with Crippen molar-refractivity contribution in [2.24, 2.45) is 0 Å². The average Bonchev–Trinajstić information content (AvgIpc) is 1.82. The van der Waals surface area contributed by atoms with Gasteiger partial charge in [-0.05, 0) is 0 Å². The molecule has 0 aromatic carbocycles. The van der Waals surface area contributed by atoms with Gasteiger partial charge in [0.2, 0.25) is 0 Å². The van der Waals surface area contributed by atoms with Gasteiger partial charge in [0.25, 0.3) is 0 Å². The van der Waals surface area contributed by atoms with E-state index in [9.17, 15) is 0 Å². The first-order valence-electron chi connectivity index (χ1n) is 3.86. The lowest BCUT2D eigenvalue weighted by atomic mass is 9.97. The van der Waals surface area contributed by atoms with Crippen LogP contribution in [-0.4, -0.2) is 24.8 Å². The summed E-state index contributed by atoms with van der Waals surface area (Å²) in [6.07, 6.45) is 3.91. The van der Waals surface area contributed by atoms with Crippen molar-refractivity contribution in [2.75, 3.05) is 0 Å². The van der Waals surface area contributed by atoms with Crippen molar-refractivity contribution < 1.29 is 14.2 Å². The SMILES string of the molecule is C1C2CC3OC1CC(O2)O3. The van der Waals surface area contributed by atoms with Crippen LogP contribution < -0.4 is 0 Å². The molecule has 3 nitrogen and oxygen atoms in total. The standard InChI is InChI=1S/C7H10O3/c1-4-2-6-9-5(1)3-7(8-4)10-6/h4-7H,1-3H2. The van der Waals surface area contributed by atoms with Gasteiger partial charge in [-0.25, -0.2) is 0 Å². The van der Waals surface area contributed by atoms with E-state index in [2.05, 4.69) is 0 Å². The summed E-state index contributed by atoms with van der Waals surface area (Å²) in [5.41, 5.74) is 0. The van der Waals surface area contributed by atoms with Crippen LogP contribution in [0.1, 0.15) is 19.3 Å². The molecule has 0 N–H and O–H groups in total. The van der Waals surface area contributed by atoms with Crippen LogP contribution in [0.3, 0.4) is 0 Å². The molecule has 4 atom stereocenters. The summed E-state index contributed by atoms with van der Waals surface area (Å²) in [6.45, 7) is 0. The minimum Gasteiger partial charge on any atom is -0.349 e. The van der Waals surface area contributed by atoms with Crippen molar-refractivity contribution in [3.05, 3.63) is 0 Å². The molecule has 4 heterocycles. The Morgan fingerprint density at radius 2 is 1.30 bits per heavy atom. The van der Waals surface area contributed by atoms with Gasteiger partial charge in [-0.1, -0.05) is 0 Å². The first kappa shape index (κ1) is 5.52. The number of ether oxygens (including phenoxy) is 3. The van der Waals surface area contributed by atoms with E-state index in [-0.39, 0.29) is 12.6 Å². The number of hydrogen-bond donors (Lipinski definition) is 0. The highest BCUT2D eigenvalue weighted by molar-refractivity contribution is 4.84. The fraction of sp³-hybridized carbons (Fsp3) is 1.00. The third kappa shape index (κ3) is 0.654. The van der Waals surface area contributed by atoms with E-state index in [0.29, 0.717) is 12.2 Å². The molecule has 4 rings (SSSR count). The van der Waals surface area contributed by atoms with E-state index >= 15 is 0 Å². The first-order valence-corrected chi connectivity index (χ1v) is 3.86. The monoisotopic (exact) mass is 142 g/mol. The zero-order valence-corrected chi connectivity index (χ0v) is 5.66. The maximum atomic E-state index is 5.52. The molecule has 0 amide bonds. The normalized spacial score (nSPS) is 57.6. The van der Waals surface area contributed by atoms with Gasteiger partial charge in [-0.3, -0.25) is 0 Å². The third-order valence-electron chi connectivity index (χ3n) is 2.43. The predicted molar refractivity (Wildman–Crippen MR) is 32.3 cm³/mol. The van der Waals surface area contributed by atoms with Crippen molar-refractivity contribution in [3.63, 3.8) is 0 Å². The summed E-state index contributed by atoms with van der Waals surface area (Å²) >= 11 is 0. The molecule has 0 aromatic heterocycles. The highest BCUT2D eigenvalue weighted by Gasteiger charge is 2.44. The second-order valence-electron chi connectivity index (χ2n) is 3.22. The van der Waals surface area contributed by atoms with Gasteiger partial charge >= 0.3 is 0 Å². The van der Waals surface area contributed by atoms with Crippen molar-refractivity contribution in [3.8, 4) is 0 Å². The molecule has 4 aliphatic rings. The van der Waals surface area contributed by atoms with Crippen molar-refractivity contribution in [2.45, 2.75) is 44.1 Å². The van der Waals surface area contributed by atoms with E-state index in [4.69, 9.17) is 14.2 Å². The van der Waals surface area contributed by atoms with Gasteiger partial charge in [0.1, 0.15) is 0 Å². The van der Waals surface area contributed by atoms with Crippen molar-refractivity contribution in [1.82, 2.24) is 0 Å². The lowest BCUT2D eigenvalue weighted by Gasteiger charge is -2.48. The van der Waals surface area contributed by atoms with E-state index in [1.807, 2.05) is 0 Å². The van der Waals surface area contributed by atoms with E-state index < -0.39 is 0 Å². The van der Waals surface area contributed by atoms with Crippen LogP contribution in [-0.2, 0) is 14.2 Å². The summed E-state index contributed by atoms with van der Waals surface area (Å²) in [5, 5.41) is 0. The Morgan fingerprint density at radius 1 is 0.700 bits per heavy atom. The highest BCUT2D eigenvalue weighted by atomic mass is 16.8. The molecule has 4 unspecified atom stereocenters. The van der Waals surface area contributed by atoms with Crippen LogP contribution in [0.25, 0.3) is 0 Å². The molecule has 0 aliphatic carbocycles. The molecule has 4 bridgehead atoms. The Balaban J connectivity index is 1.90. The molecule has 0 aromatic rings. The minimum atomic E-state index is 0.0521. The largest absolute Gasteiger partial charge is 0.349 e. The predicted octanol–water partition coefficient (Wildman–Crippen LogP) is 0.637. The van der Waals surface area contributed by atoms with E-state index in [0.717, 1.165) is 19.3 Å². The lowest BCUT2D eigenvalue weighted by Crippen LogP contribution is -2.54. The van der Waals surface area contributed by atoms with Gasteiger partial charge in [-0.15, -0.1) is 0 Å². The Kier molecular flexibility index (Phi) is 0.952. The number of rotatable bonds is 0. The van der Waals surface area contributed by atoms with Crippen LogP contribution in [0.2, 0.25) is 0 Å². The van der Waals surface area contributed by atoms with Gasteiger partial charge in [0, 0.05) is 19.3 Å². The molecule has 4 fully saturated rings. The van der Waals surface area contributed by atoms with Gasteiger partial charge in [0.15, 0.2) is 12.6 Å². The second kappa shape index (κ2) is 1.72. The maximum Gasteiger partial charge on any atom is 0.163 e. The Morgan fingerprint density at radius 3 is 1.80 bits per heavy atom. The molecule has 4 aliphatic heterocycles. The Labute approximate surface area is 59.3 Å². The van der Waals surface area contributed by atoms with E-state index in [1.54, 1.807) is 0 Å². The van der Waals surface area contributed by atoms with Crippen LogP contribution in [0.4, 0.5) is 0 Å². The average molecular weight is 142 g/mol. The minimum absolute atomic E-state index is 0.0521. The van der Waals surface area contributed by atoms with E-state index in [1.165, 1.54) is 0 Å². The summed E-state index contributed by atoms with van der Waals surface area (Å²) < 4.78 is 16.4. The fourth-order valence-electron chi connectivity index (χ4n) is 2.02. The molecule has 4 saturated heterocycles. The third-order valence-corrected chi connectivity index (χ3v) is 2.43. The van der Waals surface area contributed by atoms with Crippen LogP contribution in [0, 0.1) is 0 Å². The zero-order valence-electron chi connectivity index (χ0n) is 5.66. The molecule has 56 valence electrons. The lowest BCUT2D eigenvalue weighted by molar-refractivity contribution is -0.389. The Bertz CT molecular complexity index is 100. The summed E-state index contributed by atoms with van der Waals surface area (Å²) in [7, 11) is 0. The molecule has 3 heteroatoms. The zero-order chi connectivity index (χ0) is 6.55.